The van der Waals surface area contributed by atoms with Crippen molar-refractivity contribution >= 4 is 51.9 Å². The predicted octanol–water partition coefficient (Wildman–Crippen LogP) is 1.81. The Morgan fingerprint density at radius 2 is 2.12 bits per heavy atom. The Morgan fingerprint density at radius 1 is 1.38 bits per heavy atom. The lowest BCUT2D eigenvalue weighted by Gasteiger charge is -2.19. The van der Waals surface area contributed by atoms with Gasteiger partial charge in [0.2, 0.25) is 11.8 Å². The minimum Gasteiger partial charge on any atom is -0.354 e. The highest BCUT2D eigenvalue weighted by Crippen LogP contribution is 2.30. The van der Waals surface area contributed by atoms with Gasteiger partial charge in [0.1, 0.15) is 12.6 Å². The number of rotatable bonds is 7. The number of halogens is 1. The fourth-order valence-corrected chi connectivity index (χ4v) is 3.29. The van der Waals surface area contributed by atoms with Crippen LogP contribution in [0.5, 0.6) is 0 Å². The van der Waals surface area contributed by atoms with Crippen LogP contribution in [0.1, 0.15) is 20.3 Å². The fraction of sp³-hybridized carbons (Fsp3) is 0.412. The van der Waals surface area contributed by atoms with Gasteiger partial charge in [-0.25, -0.2) is 0 Å². The number of para-hydroxylation sites is 1. The summed E-state index contributed by atoms with van der Waals surface area (Å²) < 4.78 is 0. The highest BCUT2D eigenvalue weighted by atomic mass is 35.5. The normalized spacial score (nSPS) is 14.8. The number of nitrogens with zero attached hydrogens (tertiary/aromatic N) is 2. The Hall–Kier alpha value is -2.06. The van der Waals surface area contributed by atoms with E-state index in [1.807, 2.05) is 6.92 Å². The fourth-order valence-electron chi connectivity index (χ4n) is 2.24. The van der Waals surface area contributed by atoms with Crippen LogP contribution >= 0.6 is 23.4 Å². The first-order chi connectivity index (χ1) is 12.4. The van der Waals surface area contributed by atoms with Crippen LogP contribution in [-0.2, 0) is 14.4 Å². The van der Waals surface area contributed by atoms with E-state index in [4.69, 9.17) is 11.6 Å². The zero-order chi connectivity index (χ0) is 19.1. The number of nitrogens with one attached hydrogen (secondary N) is 2. The zero-order valence-electron chi connectivity index (χ0n) is 14.6. The number of anilines is 1. The van der Waals surface area contributed by atoms with Crippen molar-refractivity contribution in [2.75, 3.05) is 23.7 Å². The first-order valence-corrected chi connectivity index (χ1v) is 9.62. The molecule has 0 bridgehead atoms. The number of amides is 3. The Balaban J connectivity index is 1.92. The van der Waals surface area contributed by atoms with Gasteiger partial charge in [-0.15, -0.1) is 0 Å². The predicted molar refractivity (Wildman–Crippen MR) is 105 cm³/mol. The molecule has 9 heteroatoms. The summed E-state index contributed by atoms with van der Waals surface area (Å²) in [7, 11) is 0. The molecule has 2 N–H and O–H groups in total. The Morgan fingerprint density at radius 3 is 2.81 bits per heavy atom. The second-order valence-corrected chi connectivity index (χ2v) is 7.00. The molecule has 3 amide bonds. The molecule has 0 radical (unpaired) electrons. The third-order valence-corrected chi connectivity index (χ3v) is 4.83. The zero-order valence-corrected chi connectivity index (χ0v) is 16.2. The first-order valence-electron chi connectivity index (χ1n) is 8.25. The lowest BCUT2D eigenvalue weighted by Crippen LogP contribution is -2.45. The summed E-state index contributed by atoms with van der Waals surface area (Å²) >= 11 is 7.29. The molecule has 1 heterocycles. The van der Waals surface area contributed by atoms with E-state index in [0.717, 1.165) is 18.2 Å². The average Bonchev–Trinajstić information content (AvgIpc) is 2.98. The van der Waals surface area contributed by atoms with Gasteiger partial charge in [-0.3, -0.25) is 24.3 Å². The minimum atomic E-state index is -0.624. The van der Waals surface area contributed by atoms with E-state index in [-0.39, 0.29) is 30.0 Å². The van der Waals surface area contributed by atoms with Gasteiger partial charge in [0.15, 0.2) is 5.17 Å². The molecule has 26 heavy (non-hydrogen) atoms. The molecule has 1 aromatic rings. The quantitative estimate of drug-likeness (QED) is 0.735. The van der Waals surface area contributed by atoms with Crippen LogP contribution in [0.25, 0.3) is 0 Å². The molecule has 0 fully saturated rings. The second-order valence-electron chi connectivity index (χ2n) is 5.65. The van der Waals surface area contributed by atoms with Gasteiger partial charge in [-0.05, 0) is 25.5 Å². The van der Waals surface area contributed by atoms with Crippen LogP contribution in [0.3, 0.4) is 0 Å². The van der Waals surface area contributed by atoms with Gasteiger partial charge in [-0.1, -0.05) is 42.4 Å². The summed E-state index contributed by atoms with van der Waals surface area (Å²) in [6.07, 6.45) is 0.827. The number of thioether (sulfide) groups is 1. The summed E-state index contributed by atoms with van der Waals surface area (Å²) in [5.41, 5.74) is 0.538. The van der Waals surface area contributed by atoms with Gasteiger partial charge in [0.05, 0.1) is 16.5 Å². The third kappa shape index (κ3) is 5.22. The lowest BCUT2D eigenvalue weighted by atomic mass is 10.3. The smallest absolute Gasteiger partial charge is 0.254 e. The van der Waals surface area contributed by atoms with Gasteiger partial charge in [0, 0.05) is 6.54 Å². The Bertz CT molecular complexity index is 726. The molecule has 1 aliphatic rings. The molecule has 2 rings (SSSR count). The van der Waals surface area contributed by atoms with Crippen molar-refractivity contribution in [2.45, 2.75) is 26.3 Å². The van der Waals surface area contributed by atoms with Crippen LogP contribution in [0.4, 0.5) is 5.69 Å². The van der Waals surface area contributed by atoms with Crippen molar-refractivity contribution in [3.63, 3.8) is 0 Å². The minimum absolute atomic E-state index is 0.0189. The maximum atomic E-state index is 12.1. The topological polar surface area (TPSA) is 90.9 Å². The summed E-state index contributed by atoms with van der Waals surface area (Å²) in [6, 6.07) is 6.34. The van der Waals surface area contributed by atoms with Gasteiger partial charge in [0.25, 0.3) is 5.91 Å². The van der Waals surface area contributed by atoms with Crippen LogP contribution in [0.15, 0.2) is 29.3 Å². The molecule has 1 aliphatic heterocycles. The maximum absolute atomic E-state index is 12.1. The average molecular weight is 397 g/mol. The molecule has 1 atom stereocenters. The number of hydrogen-bond donors (Lipinski definition) is 2. The highest BCUT2D eigenvalue weighted by Gasteiger charge is 2.29. The summed E-state index contributed by atoms with van der Waals surface area (Å²) in [6.45, 7) is 4.17. The molecule has 0 aromatic heterocycles. The lowest BCUT2D eigenvalue weighted by molar-refractivity contribution is -0.127. The largest absolute Gasteiger partial charge is 0.354 e. The SMILES string of the molecule is CCCNC(=O)[C@@H](C)NC(=O)CSC1=NCC(=O)N1c1ccccc1Cl. The summed E-state index contributed by atoms with van der Waals surface area (Å²) in [5, 5.41) is 6.21. The molecule has 0 saturated carbocycles. The Kier molecular flexibility index (Phi) is 7.47. The van der Waals surface area contributed by atoms with Crippen LogP contribution in [-0.4, -0.2) is 47.8 Å². The van der Waals surface area contributed by atoms with Crippen LogP contribution in [0, 0.1) is 0 Å². The number of hydrogen-bond acceptors (Lipinski definition) is 5. The van der Waals surface area contributed by atoms with Crippen molar-refractivity contribution in [2.24, 2.45) is 4.99 Å². The number of carbonyl (C=O) groups is 3. The van der Waals surface area contributed by atoms with Crippen molar-refractivity contribution in [3.05, 3.63) is 29.3 Å². The molecular formula is C17H21ClN4O3S. The summed E-state index contributed by atoms with van der Waals surface area (Å²) in [5.74, 6) is -0.696. The van der Waals surface area contributed by atoms with Crippen LogP contribution < -0.4 is 15.5 Å². The van der Waals surface area contributed by atoms with Gasteiger partial charge < -0.3 is 10.6 Å². The van der Waals surface area contributed by atoms with Crippen molar-refractivity contribution < 1.29 is 14.4 Å². The van der Waals surface area contributed by atoms with Crippen molar-refractivity contribution in [1.29, 1.82) is 0 Å². The number of aliphatic imine (C=N–C) groups is 1. The highest BCUT2D eigenvalue weighted by molar-refractivity contribution is 8.14. The molecule has 0 saturated heterocycles. The second kappa shape index (κ2) is 9.59. The molecule has 140 valence electrons. The maximum Gasteiger partial charge on any atom is 0.254 e. The number of benzene rings is 1. The first kappa shape index (κ1) is 20.3. The van der Waals surface area contributed by atoms with Gasteiger partial charge in [-0.2, -0.15) is 0 Å². The molecule has 0 unspecified atom stereocenters. The van der Waals surface area contributed by atoms with Crippen molar-refractivity contribution in [1.82, 2.24) is 10.6 Å². The van der Waals surface area contributed by atoms with Crippen molar-refractivity contribution in [3.8, 4) is 0 Å². The van der Waals surface area contributed by atoms with E-state index >= 15 is 0 Å². The Labute approximate surface area is 161 Å². The molecule has 0 aliphatic carbocycles. The molecular weight excluding hydrogens is 376 g/mol. The van der Waals surface area contributed by atoms with Crippen LogP contribution in [0.2, 0.25) is 5.02 Å². The number of carbonyl (C=O) groups excluding carboxylic acids is 3. The monoisotopic (exact) mass is 396 g/mol. The molecule has 0 spiro atoms. The van der Waals surface area contributed by atoms with E-state index < -0.39 is 6.04 Å². The standard InChI is InChI=1S/C17H21ClN4O3S/c1-3-8-19-16(25)11(2)21-14(23)10-26-17-20-9-15(24)22(17)13-7-5-4-6-12(13)18/h4-7,11H,3,8-10H2,1-2H3,(H,19,25)(H,21,23)/t11-/m1/s1. The van der Waals surface area contributed by atoms with E-state index in [1.165, 1.54) is 4.90 Å². The van der Waals surface area contributed by atoms with Gasteiger partial charge >= 0.3 is 0 Å². The van der Waals surface area contributed by atoms with E-state index in [1.54, 1.807) is 31.2 Å². The molecule has 1 aromatic carbocycles. The third-order valence-electron chi connectivity index (χ3n) is 3.54. The number of amidine groups is 1. The van der Waals surface area contributed by atoms with E-state index in [0.29, 0.717) is 22.4 Å². The van der Waals surface area contributed by atoms with E-state index in [9.17, 15) is 14.4 Å². The van der Waals surface area contributed by atoms with E-state index in [2.05, 4.69) is 15.6 Å². The summed E-state index contributed by atoms with van der Waals surface area (Å²) in [4.78, 5) is 41.6. The molecule has 7 nitrogen and oxygen atoms in total.